The van der Waals surface area contributed by atoms with Crippen molar-refractivity contribution in [2.75, 3.05) is 20.3 Å². The maximum absolute atomic E-state index is 12.1. The zero-order chi connectivity index (χ0) is 13.1. The Morgan fingerprint density at radius 1 is 1.56 bits per heavy atom. The van der Waals surface area contributed by atoms with Crippen molar-refractivity contribution in [2.45, 2.75) is 32.4 Å². The first-order chi connectivity index (χ1) is 8.65. The molecule has 1 amide bonds. The summed E-state index contributed by atoms with van der Waals surface area (Å²) in [6, 6.07) is -0.142. The molecule has 1 aliphatic rings. The van der Waals surface area contributed by atoms with Crippen LogP contribution in [-0.4, -0.2) is 43.4 Å². The molecular weight excluding hydrogens is 236 g/mol. The van der Waals surface area contributed by atoms with Crippen molar-refractivity contribution in [1.82, 2.24) is 10.3 Å². The molecule has 6 heteroatoms. The zero-order valence-electron chi connectivity index (χ0n) is 10.9. The van der Waals surface area contributed by atoms with Crippen LogP contribution in [0.4, 0.5) is 0 Å². The minimum Gasteiger partial charge on any atom is -0.435 e. The molecule has 100 valence electrons. The highest BCUT2D eigenvalue weighted by molar-refractivity contribution is 5.92. The van der Waals surface area contributed by atoms with Crippen LogP contribution in [0, 0.1) is 6.92 Å². The molecule has 2 atom stereocenters. The van der Waals surface area contributed by atoms with E-state index in [1.807, 2.05) is 6.92 Å². The topological polar surface area (TPSA) is 73.6 Å². The molecule has 18 heavy (non-hydrogen) atoms. The number of hydrogen-bond acceptors (Lipinski definition) is 5. The lowest BCUT2D eigenvalue weighted by Gasteiger charge is -2.16. The summed E-state index contributed by atoms with van der Waals surface area (Å²) >= 11 is 0. The summed E-state index contributed by atoms with van der Waals surface area (Å²) in [4.78, 5) is 16.2. The van der Waals surface area contributed by atoms with Gasteiger partial charge >= 0.3 is 0 Å². The van der Waals surface area contributed by atoms with Crippen LogP contribution in [0.25, 0.3) is 0 Å². The Bertz CT molecular complexity index is 430. The minimum absolute atomic E-state index is 0.108. The van der Waals surface area contributed by atoms with E-state index in [9.17, 15) is 4.79 Å². The smallest absolute Gasteiger partial charge is 0.289 e. The summed E-state index contributed by atoms with van der Waals surface area (Å²) in [6.07, 6.45) is 0.560. The lowest BCUT2D eigenvalue weighted by molar-refractivity contribution is 0.0675. The molecule has 2 rings (SSSR count). The first-order valence-corrected chi connectivity index (χ1v) is 6.03. The largest absolute Gasteiger partial charge is 0.435 e. The van der Waals surface area contributed by atoms with E-state index < -0.39 is 0 Å². The van der Waals surface area contributed by atoms with Crippen molar-refractivity contribution in [1.29, 1.82) is 0 Å². The Labute approximate surface area is 106 Å². The third-order valence-corrected chi connectivity index (χ3v) is 3.00. The molecule has 0 spiro atoms. The molecule has 0 aromatic carbocycles. The van der Waals surface area contributed by atoms with E-state index in [1.165, 1.54) is 0 Å². The quantitative estimate of drug-likeness (QED) is 0.855. The van der Waals surface area contributed by atoms with E-state index in [-0.39, 0.29) is 23.8 Å². The second-order valence-electron chi connectivity index (χ2n) is 4.27. The maximum Gasteiger partial charge on any atom is 0.289 e. The number of hydrogen-bond donors (Lipinski definition) is 1. The van der Waals surface area contributed by atoms with Gasteiger partial charge in [-0.2, -0.15) is 0 Å². The zero-order valence-corrected chi connectivity index (χ0v) is 10.9. The number of carbonyl (C=O) groups is 1. The van der Waals surface area contributed by atoms with Gasteiger partial charge in [-0.3, -0.25) is 4.79 Å². The molecule has 0 saturated carbocycles. The number of nitrogens with one attached hydrogen (secondary N) is 1. The average Bonchev–Trinajstić information content (AvgIpc) is 2.95. The van der Waals surface area contributed by atoms with Gasteiger partial charge < -0.3 is 19.2 Å². The van der Waals surface area contributed by atoms with E-state index >= 15 is 0 Å². The van der Waals surface area contributed by atoms with Crippen molar-refractivity contribution < 1.29 is 18.7 Å². The summed E-state index contributed by atoms with van der Waals surface area (Å²) in [5.41, 5.74) is 0.609. The fourth-order valence-electron chi connectivity index (χ4n) is 1.95. The van der Waals surface area contributed by atoms with Crippen molar-refractivity contribution in [3.8, 4) is 0 Å². The summed E-state index contributed by atoms with van der Waals surface area (Å²) in [7, 11) is 1.60. The van der Waals surface area contributed by atoms with Gasteiger partial charge in [0.2, 0.25) is 5.76 Å². The number of carbonyl (C=O) groups excluding carboxylic acids is 1. The molecule has 1 aromatic rings. The molecule has 1 aromatic heterocycles. The SMILES string of the molecule is CCc1nc(C)c(C(=O)N[C@H]2COC[C@@H]2OC)o1. The monoisotopic (exact) mass is 254 g/mol. The van der Waals surface area contributed by atoms with Crippen molar-refractivity contribution in [3.05, 3.63) is 17.3 Å². The van der Waals surface area contributed by atoms with Gasteiger partial charge in [-0.15, -0.1) is 0 Å². The second kappa shape index (κ2) is 5.49. The fourth-order valence-corrected chi connectivity index (χ4v) is 1.95. The van der Waals surface area contributed by atoms with E-state index in [1.54, 1.807) is 14.0 Å². The van der Waals surface area contributed by atoms with Gasteiger partial charge in [-0.1, -0.05) is 6.92 Å². The van der Waals surface area contributed by atoms with E-state index in [4.69, 9.17) is 13.9 Å². The van der Waals surface area contributed by atoms with Crippen LogP contribution in [-0.2, 0) is 15.9 Å². The lowest BCUT2D eigenvalue weighted by Crippen LogP contribution is -2.43. The van der Waals surface area contributed by atoms with Crippen LogP contribution in [0.5, 0.6) is 0 Å². The molecule has 1 fully saturated rings. The number of rotatable bonds is 4. The summed E-state index contributed by atoms with van der Waals surface area (Å²) < 4.78 is 15.9. The predicted octanol–water partition coefficient (Wildman–Crippen LogP) is 0.689. The van der Waals surface area contributed by atoms with Gasteiger partial charge in [-0.25, -0.2) is 4.98 Å². The number of aryl methyl sites for hydroxylation is 2. The third-order valence-electron chi connectivity index (χ3n) is 3.00. The van der Waals surface area contributed by atoms with Gasteiger partial charge in [0.05, 0.1) is 24.9 Å². The fraction of sp³-hybridized carbons (Fsp3) is 0.667. The molecular formula is C12H18N2O4. The van der Waals surface area contributed by atoms with Gasteiger partial charge in [0.25, 0.3) is 5.91 Å². The van der Waals surface area contributed by atoms with Gasteiger partial charge in [0.15, 0.2) is 5.89 Å². The van der Waals surface area contributed by atoms with E-state index in [0.29, 0.717) is 31.2 Å². The van der Waals surface area contributed by atoms with Gasteiger partial charge in [0.1, 0.15) is 6.10 Å². The highest BCUT2D eigenvalue weighted by Gasteiger charge is 2.31. The Morgan fingerprint density at radius 2 is 2.33 bits per heavy atom. The number of ether oxygens (including phenoxy) is 2. The summed E-state index contributed by atoms with van der Waals surface area (Å²) in [6.45, 7) is 4.64. The van der Waals surface area contributed by atoms with Crippen molar-refractivity contribution in [2.24, 2.45) is 0 Å². The molecule has 2 heterocycles. The highest BCUT2D eigenvalue weighted by atomic mass is 16.5. The molecule has 0 unspecified atom stereocenters. The Hall–Kier alpha value is -1.40. The number of amides is 1. The van der Waals surface area contributed by atoms with Crippen LogP contribution in [0.15, 0.2) is 4.42 Å². The van der Waals surface area contributed by atoms with Crippen LogP contribution >= 0.6 is 0 Å². The van der Waals surface area contributed by atoms with Gasteiger partial charge in [0, 0.05) is 13.5 Å². The number of nitrogens with zero attached hydrogens (tertiary/aromatic N) is 1. The van der Waals surface area contributed by atoms with Crippen LogP contribution in [0.1, 0.15) is 29.1 Å². The molecule has 0 aliphatic carbocycles. The van der Waals surface area contributed by atoms with Crippen molar-refractivity contribution >= 4 is 5.91 Å². The molecule has 1 aliphatic heterocycles. The summed E-state index contributed by atoms with van der Waals surface area (Å²) in [5.74, 6) is 0.578. The molecule has 1 N–H and O–H groups in total. The number of aromatic nitrogens is 1. The highest BCUT2D eigenvalue weighted by Crippen LogP contribution is 2.13. The number of oxazole rings is 1. The van der Waals surface area contributed by atoms with Crippen LogP contribution in [0.3, 0.4) is 0 Å². The first-order valence-electron chi connectivity index (χ1n) is 6.03. The second-order valence-corrected chi connectivity index (χ2v) is 4.27. The molecule has 0 radical (unpaired) electrons. The normalized spacial score (nSPS) is 23.3. The molecule has 1 saturated heterocycles. The molecule has 0 bridgehead atoms. The third kappa shape index (κ3) is 2.54. The van der Waals surface area contributed by atoms with Crippen LogP contribution < -0.4 is 5.32 Å². The predicted molar refractivity (Wildman–Crippen MR) is 63.5 cm³/mol. The minimum atomic E-state index is -0.266. The molecule has 6 nitrogen and oxygen atoms in total. The van der Waals surface area contributed by atoms with Crippen molar-refractivity contribution in [3.63, 3.8) is 0 Å². The lowest BCUT2D eigenvalue weighted by atomic mass is 10.2. The standard InChI is InChI=1S/C12H18N2O4/c1-4-10-13-7(2)11(18-10)12(15)14-8-5-17-6-9(8)16-3/h8-9H,4-6H2,1-3H3,(H,14,15)/t8-,9-/m0/s1. The average molecular weight is 254 g/mol. The van der Waals surface area contributed by atoms with Gasteiger partial charge in [-0.05, 0) is 6.92 Å². The summed E-state index contributed by atoms with van der Waals surface area (Å²) in [5, 5.41) is 2.85. The van der Waals surface area contributed by atoms with E-state index in [0.717, 1.165) is 0 Å². The Balaban J connectivity index is 2.05. The first kappa shape index (κ1) is 13.0. The van der Waals surface area contributed by atoms with E-state index in [2.05, 4.69) is 10.3 Å². The van der Waals surface area contributed by atoms with Crippen LogP contribution in [0.2, 0.25) is 0 Å². The Morgan fingerprint density at radius 3 is 2.94 bits per heavy atom. The maximum atomic E-state index is 12.1. The number of methoxy groups -OCH3 is 1. The Kier molecular flexibility index (Phi) is 3.98.